The molecule has 0 saturated carbocycles. The molecule has 7 heteroatoms. The van der Waals surface area contributed by atoms with E-state index in [1.54, 1.807) is 43.1 Å². The molecule has 0 radical (unpaired) electrons. The number of hydrogen-bond donors (Lipinski definition) is 0. The molecule has 5 rings (SSSR count). The van der Waals surface area contributed by atoms with Gasteiger partial charge in [0.05, 0.1) is 37.5 Å². The fourth-order valence-corrected chi connectivity index (χ4v) is 4.56. The van der Waals surface area contributed by atoms with Gasteiger partial charge in [-0.05, 0) is 55.0 Å². The molecule has 0 aliphatic carbocycles. The van der Waals surface area contributed by atoms with Crippen molar-refractivity contribution in [3.8, 4) is 17.2 Å². The maximum Gasteiger partial charge on any atom is 0.336 e. The first-order chi connectivity index (χ1) is 16.4. The molecule has 0 spiro atoms. The number of methoxy groups -OCH3 is 2. The van der Waals surface area contributed by atoms with E-state index in [9.17, 15) is 9.59 Å². The van der Waals surface area contributed by atoms with E-state index >= 15 is 0 Å². The number of rotatable bonds is 5. The van der Waals surface area contributed by atoms with Crippen LogP contribution in [0, 0.1) is 6.92 Å². The zero-order valence-electron chi connectivity index (χ0n) is 19.5. The first kappa shape index (κ1) is 21.6. The zero-order chi connectivity index (χ0) is 24.0. The average Bonchev–Trinajstić information content (AvgIpc) is 3.14. The summed E-state index contributed by atoms with van der Waals surface area (Å²) in [5.74, 6) is 1.31. The molecule has 0 aliphatic rings. The summed E-state index contributed by atoms with van der Waals surface area (Å²) < 4.78 is 15.4. The lowest BCUT2D eigenvalue weighted by Gasteiger charge is -2.14. The van der Waals surface area contributed by atoms with E-state index in [4.69, 9.17) is 9.47 Å². The minimum atomic E-state index is -0.403. The molecule has 0 bridgehead atoms. The molecule has 2 aromatic heterocycles. The fourth-order valence-electron chi connectivity index (χ4n) is 4.56. The number of hydrogen-bond acceptors (Lipinski definition) is 4. The molecular formula is C27H25N3O4. The molecule has 0 atom stereocenters. The van der Waals surface area contributed by atoms with E-state index in [-0.39, 0.29) is 5.56 Å². The van der Waals surface area contributed by atoms with Crippen LogP contribution in [0.5, 0.6) is 11.5 Å². The van der Waals surface area contributed by atoms with Gasteiger partial charge in [-0.15, -0.1) is 0 Å². The Kier molecular flexibility index (Phi) is 5.24. The summed E-state index contributed by atoms with van der Waals surface area (Å²) in [5, 5.41) is 0.792. The topological polar surface area (TPSA) is 67.4 Å². The van der Waals surface area contributed by atoms with Crippen molar-refractivity contribution in [2.24, 2.45) is 7.05 Å². The third kappa shape index (κ3) is 3.37. The van der Waals surface area contributed by atoms with Crippen molar-refractivity contribution in [3.63, 3.8) is 0 Å². The van der Waals surface area contributed by atoms with E-state index in [2.05, 4.69) is 0 Å². The summed E-state index contributed by atoms with van der Waals surface area (Å²) in [6.45, 7) is 2.34. The van der Waals surface area contributed by atoms with Crippen molar-refractivity contribution >= 4 is 21.9 Å². The van der Waals surface area contributed by atoms with Crippen molar-refractivity contribution in [1.29, 1.82) is 0 Å². The van der Waals surface area contributed by atoms with E-state index < -0.39 is 5.69 Å². The maximum atomic E-state index is 13.9. The van der Waals surface area contributed by atoms with Crippen molar-refractivity contribution in [1.82, 2.24) is 13.7 Å². The molecular weight excluding hydrogens is 430 g/mol. The van der Waals surface area contributed by atoms with Gasteiger partial charge >= 0.3 is 5.69 Å². The molecule has 0 unspecified atom stereocenters. The third-order valence-corrected chi connectivity index (χ3v) is 6.23. The Balaban J connectivity index is 1.91. The van der Waals surface area contributed by atoms with Gasteiger partial charge < -0.3 is 14.0 Å². The van der Waals surface area contributed by atoms with Gasteiger partial charge in [0.15, 0.2) is 0 Å². The predicted octanol–water partition coefficient (Wildman–Crippen LogP) is 4.02. The third-order valence-electron chi connectivity index (χ3n) is 6.23. The largest absolute Gasteiger partial charge is 0.497 e. The zero-order valence-corrected chi connectivity index (χ0v) is 19.5. The number of fused-ring (bicyclic) bond motifs is 3. The van der Waals surface area contributed by atoms with Crippen LogP contribution >= 0.6 is 0 Å². The second kappa shape index (κ2) is 8.26. The molecule has 0 amide bonds. The summed E-state index contributed by atoms with van der Waals surface area (Å²) >= 11 is 0. The molecule has 7 nitrogen and oxygen atoms in total. The molecule has 172 valence electrons. The second-order valence-electron chi connectivity index (χ2n) is 8.34. The fraction of sp³-hybridized carbons (Fsp3) is 0.185. The molecule has 3 aromatic carbocycles. The molecule has 5 aromatic rings. The first-order valence-corrected chi connectivity index (χ1v) is 10.9. The van der Waals surface area contributed by atoms with Gasteiger partial charge in [0, 0.05) is 12.4 Å². The SMILES string of the molecule is COc1ccc(-n2c(=O)c3c(c4cc(OC)ccc4n3C)n(Cc3cccc(C)c3)c2=O)cc1. The van der Waals surface area contributed by atoms with Crippen LogP contribution in [-0.2, 0) is 13.6 Å². The van der Waals surface area contributed by atoms with Gasteiger partial charge in [-0.2, -0.15) is 0 Å². The van der Waals surface area contributed by atoms with Crippen LogP contribution in [0.2, 0.25) is 0 Å². The number of benzene rings is 3. The maximum absolute atomic E-state index is 13.9. The van der Waals surface area contributed by atoms with Crippen LogP contribution in [0.4, 0.5) is 0 Å². The first-order valence-electron chi connectivity index (χ1n) is 10.9. The lowest BCUT2D eigenvalue weighted by molar-refractivity contribution is 0.414. The van der Waals surface area contributed by atoms with E-state index in [0.29, 0.717) is 34.8 Å². The smallest absolute Gasteiger partial charge is 0.336 e. The normalized spacial score (nSPS) is 11.3. The lowest BCUT2D eigenvalue weighted by atomic mass is 10.1. The highest BCUT2D eigenvalue weighted by Gasteiger charge is 2.22. The number of nitrogens with zero attached hydrogens (tertiary/aromatic N) is 3. The van der Waals surface area contributed by atoms with E-state index in [1.807, 2.05) is 61.0 Å². The van der Waals surface area contributed by atoms with Gasteiger partial charge in [0.2, 0.25) is 0 Å². The van der Waals surface area contributed by atoms with Crippen molar-refractivity contribution in [3.05, 3.63) is 98.7 Å². The summed E-state index contributed by atoms with van der Waals surface area (Å²) in [5.41, 5.74) is 3.68. The summed E-state index contributed by atoms with van der Waals surface area (Å²) in [4.78, 5) is 27.7. The Bertz CT molecular complexity index is 1660. The molecule has 0 fully saturated rings. The quantitative estimate of drug-likeness (QED) is 0.402. The van der Waals surface area contributed by atoms with Crippen LogP contribution in [0.25, 0.3) is 27.6 Å². The number of aromatic nitrogens is 3. The summed E-state index contributed by atoms with van der Waals surface area (Å²) in [6.07, 6.45) is 0. The number of aryl methyl sites for hydroxylation is 2. The van der Waals surface area contributed by atoms with Crippen LogP contribution in [0.3, 0.4) is 0 Å². The minimum absolute atomic E-state index is 0.323. The van der Waals surface area contributed by atoms with Gasteiger partial charge in [-0.3, -0.25) is 9.36 Å². The van der Waals surface area contributed by atoms with Gasteiger partial charge in [0.1, 0.15) is 17.0 Å². The molecule has 0 saturated heterocycles. The Morgan fingerprint density at radius 2 is 1.53 bits per heavy atom. The predicted molar refractivity (Wildman–Crippen MR) is 134 cm³/mol. The minimum Gasteiger partial charge on any atom is -0.497 e. The van der Waals surface area contributed by atoms with Gasteiger partial charge in [0.25, 0.3) is 5.56 Å². The van der Waals surface area contributed by atoms with Gasteiger partial charge in [-0.1, -0.05) is 29.8 Å². The van der Waals surface area contributed by atoms with Crippen LogP contribution in [0.15, 0.2) is 76.3 Å². The van der Waals surface area contributed by atoms with Crippen LogP contribution < -0.4 is 20.7 Å². The standard InChI is InChI=1S/C27H25N3O4/c1-17-6-5-7-18(14-17)16-29-24-22-15-21(34-4)12-13-23(22)28(2)25(24)26(31)30(27(29)32)19-8-10-20(33-3)11-9-19/h5-15H,16H2,1-4H3. The molecule has 34 heavy (non-hydrogen) atoms. The molecule has 2 heterocycles. The highest BCUT2D eigenvalue weighted by molar-refractivity contribution is 6.06. The summed E-state index contributed by atoms with van der Waals surface area (Å²) in [7, 11) is 5.02. The summed E-state index contributed by atoms with van der Waals surface area (Å²) in [6, 6.07) is 20.6. The molecule has 0 N–H and O–H groups in total. The lowest BCUT2D eigenvalue weighted by Crippen LogP contribution is -2.39. The Morgan fingerprint density at radius 1 is 0.824 bits per heavy atom. The van der Waals surface area contributed by atoms with E-state index in [0.717, 1.165) is 22.0 Å². The number of ether oxygens (including phenoxy) is 2. The van der Waals surface area contributed by atoms with Gasteiger partial charge in [-0.25, -0.2) is 9.36 Å². The van der Waals surface area contributed by atoms with Crippen molar-refractivity contribution in [2.45, 2.75) is 13.5 Å². The average molecular weight is 456 g/mol. The van der Waals surface area contributed by atoms with Crippen molar-refractivity contribution in [2.75, 3.05) is 14.2 Å². The van der Waals surface area contributed by atoms with Crippen LogP contribution in [0.1, 0.15) is 11.1 Å². The Labute approximate surface area is 196 Å². The Morgan fingerprint density at radius 3 is 2.21 bits per heavy atom. The van der Waals surface area contributed by atoms with E-state index in [1.165, 1.54) is 4.57 Å². The highest BCUT2D eigenvalue weighted by Crippen LogP contribution is 2.29. The monoisotopic (exact) mass is 455 g/mol. The Hall–Kier alpha value is -4.26. The second-order valence-corrected chi connectivity index (χ2v) is 8.34. The van der Waals surface area contributed by atoms with Crippen molar-refractivity contribution < 1.29 is 9.47 Å². The highest BCUT2D eigenvalue weighted by atomic mass is 16.5. The molecule has 0 aliphatic heterocycles. The van der Waals surface area contributed by atoms with Crippen LogP contribution in [-0.4, -0.2) is 27.9 Å².